The predicted octanol–water partition coefficient (Wildman–Crippen LogP) is 3.23. The van der Waals surface area contributed by atoms with Gasteiger partial charge in [-0.25, -0.2) is 0 Å². The number of para-hydroxylation sites is 1. The fraction of sp³-hybridized carbons (Fsp3) is 0.533. The first-order valence-corrected chi connectivity index (χ1v) is 6.54. The van der Waals surface area contributed by atoms with E-state index in [1.807, 2.05) is 24.3 Å². The highest BCUT2D eigenvalue weighted by atomic mass is 16.2. The molecule has 3 nitrogen and oxygen atoms in total. The minimum atomic E-state index is 0.0365. The molecule has 2 atom stereocenters. The third-order valence-corrected chi connectivity index (χ3v) is 3.44. The van der Waals surface area contributed by atoms with E-state index in [1.54, 1.807) is 19.0 Å². The molecule has 1 rings (SSSR count). The summed E-state index contributed by atoms with van der Waals surface area (Å²) in [5.41, 5.74) is 1.65. The molecule has 0 fully saturated rings. The number of hydrogen-bond acceptors (Lipinski definition) is 2. The molecule has 1 amide bonds. The molecule has 18 heavy (non-hydrogen) atoms. The molecule has 0 saturated heterocycles. The van der Waals surface area contributed by atoms with Crippen LogP contribution in [-0.4, -0.2) is 30.9 Å². The molecule has 0 spiro atoms. The van der Waals surface area contributed by atoms with Gasteiger partial charge in [-0.1, -0.05) is 32.4 Å². The monoisotopic (exact) mass is 248 g/mol. The number of nitrogens with zero attached hydrogens (tertiary/aromatic N) is 1. The molecule has 1 aromatic rings. The molecule has 0 radical (unpaired) electrons. The minimum absolute atomic E-state index is 0.0365. The Morgan fingerprint density at radius 3 is 2.44 bits per heavy atom. The van der Waals surface area contributed by atoms with Crippen LogP contribution in [0.3, 0.4) is 0 Å². The van der Waals surface area contributed by atoms with Crippen molar-refractivity contribution in [2.75, 3.05) is 19.4 Å². The summed E-state index contributed by atoms with van der Waals surface area (Å²) < 4.78 is 0. The maximum absolute atomic E-state index is 12.1. The molecule has 100 valence electrons. The number of hydrogen-bond donors (Lipinski definition) is 1. The second kappa shape index (κ2) is 6.43. The van der Waals surface area contributed by atoms with E-state index in [0.717, 1.165) is 17.7 Å². The van der Waals surface area contributed by atoms with Crippen LogP contribution in [0, 0.1) is 5.92 Å². The molecule has 0 bridgehead atoms. The summed E-state index contributed by atoms with van der Waals surface area (Å²) in [5.74, 6) is 0.613. The van der Waals surface area contributed by atoms with Crippen molar-refractivity contribution in [3.05, 3.63) is 29.8 Å². The van der Waals surface area contributed by atoms with E-state index < -0.39 is 0 Å². The summed E-state index contributed by atoms with van der Waals surface area (Å²) in [6, 6.07) is 8.04. The standard InChI is InChI=1S/C15H24N2O/c1-6-11(2)12(3)16-14-10-8-7-9-13(14)15(18)17(4)5/h7-12,16H,6H2,1-5H3. The van der Waals surface area contributed by atoms with Crippen molar-refractivity contribution in [2.24, 2.45) is 5.92 Å². The first-order chi connectivity index (χ1) is 8.47. The maximum Gasteiger partial charge on any atom is 0.255 e. The first kappa shape index (κ1) is 14.6. The van der Waals surface area contributed by atoms with Crippen LogP contribution < -0.4 is 5.32 Å². The Morgan fingerprint density at radius 1 is 1.28 bits per heavy atom. The molecular formula is C15H24N2O. The predicted molar refractivity (Wildman–Crippen MR) is 77.0 cm³/mol. The van der Waals surface area contributed by atoms with Gasteiger partial charge in [0.15, 0.2) is 0 Å². The molecule has 0 saturated carbocycles. The van der Waals surface area contributed by atoms with Crippen molar-refractivity contribution in [2.45, 2.75) is 33.2 Å². The van der Waals surface area contributed by atoms with Crippen LogP contribution in [-0.2, 0) is 0 Å². The highest BCUT2D eigenvalue weighted by molar-refractivity contribution is 5.99. The minimum Gasteiger partial charge on any atom is -0.382 e. The van der Waals surface area contributed by atoms with Crippen LogP contribution in [0.25, 0.3) is 0 Å². The van der Waals surface area contributed by atoms with Gasteiger partial charge in [0.1, 0.15) is 0 Å². The number of nitrogens with one attached hydrogen (secondary N) is 1. The van der Waals surface area contributed by atoms with E-state index in [4.69, 9.17) is 0 Å². The van der Waals surface area contributed by atoms with Crippen LogP contribution >= 0.6 is 0 Å². The zero-order valence-electron chi connectivity index (χ0n) is 12.0. The maximum atomic E-state index is 12.1. The number of rotatable bonds is 5. The fourth-order valence-electron chi connectivity index (χ4n) is 1.78. The van der Waals surface area contributed by atoms with E-state index in [0.29, 0.717) is 12.0 Å². The van der Waals surface area contributed by atoms with Crippen molar-refractivity contribution in [3.8, 4) is 0 Å². The zero-order valence-corrected chi connectivity index (χ0v) is 12.0. The molecule has 2 unspecified atom stereocenters. The molecule has 0 aliphatic heterocycles. The van der Waals surface area contributed by atoms with Crippen molar-refractivity contribution < 1.29 is 4.79 Å². The fourth-order valence-corrected chi connectivity index (χ4v) is 1.78. The van der Waals surface area contributed by atoms with Gasteiger partial charge in [0.05, 0.1) is 5.56 Å². The lowest BCUT2D eigenvalue weighted by atomic mass is 10.00. The third-order valence-electron chi connectivity index (χ3n) is 3.44. The number of carbonyl (C=O) groups excluding carboxylic acids is 1. The third kappa shape index (κ3) is 3.49. The largest absolute Gasteiger partial charge is 0.382 e. The van der Waals surface area contributed by atoms with E-state index >= 15 is 0 Å². The number of carbonyl (C=O) groups is 1. The van der Waals surface area contributed by atoms with E-state index in [-0.39, 0.29) is 5.91 Å². The average molecular weight is 248 g/mol. The van der Waals surface area contributed by atoms with Gasteiger partial charge in [-0.3, -0.25) is 4.79 Å². The van der Waals surface area contributed by atoms with Crippen molar-refractivity contribution in [1.82, 2.24) is 4.90 Å². The van der Waals surface area contributed by atoms with Crippen LogP contribution in [0.1, 0.15) is 37.6 Å². The van der Waals surface area contributed by atoms with Crippen LogP contribution in [0.4, 0.5) is 5.69 Å². The van der Waals surface area contributed by atoms with Crippen molar-refractivity contribution in [1.29, 1.82) is 0 Å². The Bertz CT molecular complexity index is 401. The van der Waals surface area contributed by atoms with Gasteiger partial charge in [-0.15, -0.1) is 0 Å². The average Bonchev–Trinajstić information content (AvgIpc) is 2.37. The van der Waals surface area contributed by atoms with Crippen molar-refractivity contribution in [3.63, 3.8) is 0 Å². The first-order valence-electron chi connectivity index (χ1n) is 6.54. The lowest BCUT2D eigenvalue weighted by Gasteiger charge is -2.23. The van der Waals surface area contributed by atoms with Gasteiger partial charge >= 0.3 is 0 Å². The molecule has 1 N–H and O–H groups in total. The normalized spacial score (nSPS) is 13.8. The Balaban J connectivity index is 2.92. The van der Waals surface area contributed by atoms with Gasteiger partial charge in [0.2, 0.25) is 0 Å². The zero-order chi connectivity index (χ0) is 13.7. The molecule has 0 heterocycles. The highest BCUT2D eigenvalue weighted by Gasteiger charge is 2.16. The van der Waals surface area contributed by atoms with Crippen LogP contribution in [0.2, 0.25) is 0 Å². The lowest BCUT2D eigenvalue weighted by Crippen LogP contribution is -2.27. The second-order valence-electron chi connectivity index (χ2n) is 5.06. The SMILES string of the molecule is CCC(C)C(C)Nc1ccccc1C(=O)N(C)C. The highest BCUT2D eigenvalue weighted by Crippen LogP contribution is 2.20. The summed E-state index contributed by atoms with van der Waals surface area (Å²) in [7, 11) is 3.55. The molecular weight excluding hydrogens is 224 g/mol. The number of anilines is 1. The van der Waals surface area contributed by atoms with Crippen molar-refractivity contribution >= 4 is 11.6 Å². The summed E-state index contributed by atoms with van der Waals surface area (Å²) in [4.78, 5) is 13.7. The van der Waals surface area contributed by atoms with Crippen LogP contribution in [0.5, 0.6) is 0 Å². The topological polar surface area (TPSA) is 32.3 Å². The summed E-state index contributed by atoms with van der Waals surface area (Å²) in [5, 5.41) is 3.45. The van der Waals surface area contributed by atoms with E-state index in [2.05, 4.69) is 26.1 Å². The van der Waals surface area contributed by atoms with Gasteiger partial charge in [0, 0.05) is 25.8 Å². The Kier molecular flexibility index (Phi) is 5.20. The Hall–Kier alpha value is -1.51. The van der Waals surface area contributed by atoms with Gasteiger partial charge < -0.3 is 10.2 Å². The molecule has 3 heteroatoms. The van der Waals surface area contributed by atoms with Crippen LogP contribution in [0.15, 0.2) is 24.3 Å². The molecule has 0 aromatic heterocycles. The Morgan fingerprint density at radius 2 is 1.89 bits per heavy atom. The quantitative estimate of drug-likeness (QED) is 0.867. The van der Waals surface area contributed by atoms with Gasteiger partial charge in [0.25, 0.3) is 5.91 Å². The number of amides is 1. The summed E-state index contributed by atoms with van der Waals surface area (Å²) in [6.07, 6.45) is 1.12. The molecule has 1 aromatic carbocycles. The smallest absolute Gasteiger partial charge is 0.255 e. The van der Waals surface area contributed by atoms with E-state index in [9.17, 15) is 4.79 Å². The van der Waals surface area contributed by atoms with E-state index in [1.165, 1.54) is 0 Å². The van der Waals surface area contributed by atoms with Gasteiger partial charge in [-0.2, -0.15) is 0 Å². The second-order valence-corrected chi connectivity index (χ2v) is 5.06. The molecule has 0 aliphatic rings. The summed E-state index contributed by atoms with van der Waals surface area (Å²) in [6.45, 7) is 6.55. The van der Waals surface area contributed by atoms with Gasteiger partial charge in [-0.05, 0) is 25.0 Å². The lowest BCUT2D eigenvalue weighted by molar-refractivity contribution is 0.0828. The molecule has 0 aliphatic carbocycles. The Labute approximate surface area is 110 Å². The number of benzene rings is 1. The summed E-state index contributed by atoms with van der Waals surface area (Å²) >= 11 is 0.